The van der Waals surface area contributed by atoms with Gasteiger partial charge in [-0.3, -0.25) is 0 Å². The Labute approximate surface area is 113 Å². The van der Waals surface area contributed by atoms with Gasteiger partial charge in [-0.1, -0.05) is 6.42 Å². The molecule has 2 aliphatic rings. The molecule has 0 amide bonds. The summed E-state index contributed by atoms with van der Waals surface area (Å²) >= 11 is 0. The molecule has 0 heterocycles. The monoisotopic (exact) mass is 283 g/mol. The maximum absolute atomic E-state index is 13.0. The van der Waals surface area contributed by atoms with Crippen LogP contribution < -0.4 is 4.72 Å². The van der Waals surface area contributed by atoms with Crippen LogP contribution in [0.5, 0.6) is 0 Å². The van der Waals surface area contributed by atoms with E-state index in [9.17, 15) is 12.8 Å². The van der Waals surface area contributed by atoms with Gasteiger partial charge in [0.2, 0.25) is 10.0 Å². The van der Waals surface area contributed by atoms with Crippen molar-refractivity contribution in [1.82, 2.24) is 4.72 Å². The first-order chi connectivity index (χ1) is 8.95. The van der Waals surface area contributed by atoms with Gasteiger partial charge in [0.15, 0.2) is 0 Å². The van der Waals surface area contributed by atoms with Gasteiger partial charge in [0, 0.05) is 6.04 Å². The molecule has 0 spiro atoms. The Hall–Kier alpha value is -0.940. The summed E-state index contributed by atoms with van der Waals surface area (Å²) < 4.78 is 40.6. The molecule has 104 valence electrons. The van der Waals surface area contributed by atoms with Crippen molar-refractivity contribution in [2.45, 2.75) is 43.5 Å². The second-order valence-electron chi connectivity index (χ2n) is 5.81. The molecule has 5 heteroatoms. The van der Waals surface area contributed by atoms with Crippen LogP contribution in [0.4, 0.5) is 4.39 Å². The van der Waals surface area contributed by atoms with E-state index in [1.807, 2.05) is 0 Å². The molecule has 1 aromatic carbocycles. The summed E-state index contributed by atoms with van der Waals surface area (Å²) in [6.45, 7) is 1.62. The standard InChI is InChI=1S/C14H18FNO2S/c1-9-6-12(15)4-5-14(9)19(17,18)16-13-8-10-2-3-11(13)7-10/h4-6,10-11,13,16H,2-3,7-8H2,1H3/t10-,11-,13-/m0/s1. The first-order valence-corrected chi connectivity index (χ1v) is 8.22. The summed E-state index contributed by atoms with van der Waals surface area (Å²) in [6, 6.07) is 3.87. The summed E-state index contributed by atoms with van der Waals surface area (Å²) in [5.74, 6) is 0.768. The number of rotatable bonds is 3. The lowest BCUT2D eigenvalue weighted by Crippen LogP contribution is -2.38. The molecule has 2 bridgehead atoms. The van der Waals surface area contributed by atoms with E-state index in [2.05, 4.69) is 4.72 Å². The lowest BCUT2D eigenvalue weighted by Gasteiger charge is -2.23. The molecule has 1 aromatic rings. The van der Waals surface area contributed by atoms with Gasteiger partial charge in [-0.05, 0) is 61.8 Å². The van der Waals surface area contributed by atoms with Crippen LogP contribution in [0, 0.1) is 24.6 Å². The van der Waals surface area contributed by atoms with Crippen molar-refractivity contribution in [1.29, 1.82) is 0 Å². The number of halogens is 1. The van der Waals surface area contributed by atoms with E-state index in [1.54, 1.807) is 6.92 Å². The van der Waals surface area contributed by atoms with Gasteiger partial charge < -0.3 is 0 Å². The number of benzene rings is 1. The van der Waals surface area contributed by atoms with Gasteiger partial charge in [0.1, 0.15) is 5.82 Å². The number of fused-ring (bicyclic) bond motifs is 2. The molecule has 0 aliphatic heterocycles. The summed E-state index contributed by atoms with van der Waals surface area (Å²) in [7, 11) is -3.53. The maximum Gasteiger partial charge on any atom is 0.241 e. The minimum atomic E-state index is -3.53. The highest BCUT2D eigenvalue weighted by Gasteiger charge is 2.41. The smallest absolute Gasteiger partial charge is 0.208 e. The van der Waals surface area contributed by atoms with Gasteiger partial charge >= 0.3 is 0 Å². The minimum absolute atomic E-state index is 0.0632. The Kier molecular flexibility index (Phi) is 3.14. The highest BCUT2D eigenvalue weighted by Crippen LogP contribution is 2.44. The van der Waals surface area contributed by atoms with Crippen LogP contribution in [-0.4, -0.2) is 14.5 Å². The lowest BCUT2D eigenvalue weighted by atomic mass is 9.96. The average molecular weight is 283 g/mol. The fourth-order valence-electron chi connectivity index (χ4n) is 3.57. The molecule has 0 unspecified atom stereocenters. The van der Waals surface area contributed by atoms with Crippen LogP contribution in [0.25, 0.3) is 0 Å². The quantitative estimate of drug-likeness (QED) is 0.927. The number of sulfonamides is 1. The number of hydrogen-bond acceptors (Lipinski definition) is 2. The van der Waals surface area contributed by atoms with Gasteiger partial charge in [0.05, 0.1) is 4.90 Å². The molecule has 0 aromatic heterocycles. The average Bonchev–Trinajstić information content (AvgIpc) is 2.89. The third kappa shape index (κ3) is 2.41. The Morgan fingerprint density at radius 3 is 2.63 bits per heavy atom. The molecular formula is C14H18FNO2S. The highest BCUT2D eigenvalue weighted by molar-refractivity contribution is 7.89. The Morgan fingerprint density at radius 2 is 2.05 bits per heavy atom. The predicted molar refractivity (Wildman–Crippen MR) is 70.7 cm³/mol. The third-order valence-electron chi connectivity index (χ3n) is 4.47. The number of aryl methyl sites for hydroxylation is 1. The molecular weight excluding hydrogens is 265 g/mol. The zero-order valence-corrected chi connectivity index (χ0v) is 11.7. The molecule has 2 aliphatic carbocycles. The molecule has 0 saturated heterocycles. The molecule has 3 rings (SSSR count). The van der Waals surface area contributed by atoms with E-state index in [1.165, 1.54) is 24.6 Å². The normalized spacial score (nSPS) is 29.9. The fourth-order valence-corrected chi connectivity index (χ4v) is 5.11. The Morgan fingerprint density at radius 1 is 1.26 bits per heavy atom. The molecule has 2 fully saturated rings. The van der Waals surface area contributed by atoms with Crippen molar-refractivity contribution in [3.05, 3.63) is 29.6 Å². The van der Waals surface area contributed by atoms with Crippen molar-refractivity contribution in [3.8, 4) is 0 Å². The summed E-state index contributed by atoms with van der Waals surface area (Å²) in [5.41, 5.74) is 0.454. The number of hydrogen-bond donors (Lipinski definition) is 1. The second kappa shape index (κ2) is 4.56. The first-order valence-electron chi connectivity index (χ1n) is 6.74. The fraction of sp³-hybridized carbons (Fsp3) is 0.571. The van der Waals surface area contributed by atoms with Crippen molar-refractivity contribution < 1.29 is 12.8 Å². The summed E-state index contributed by atoms with van der Waals surface area (Å²) in [5, 5.41) is 0. The van der Waals surface area contributed by atoms with Gasteiger partial charge in [-0.2, -0.15) is 0 Å². The van der Waals surface area contributed by atoms with E-state index in [-0.39, 0.29) is 10.9 Å². The van der Waals surface area contributed by atoms with Crippen molar-refractivity contribution in [2.24, 2.45) is 11.8 Å². The van der Waals surface area contributed by atoms with E-state index < -0.39 is 15.8 Å². The van der Waals surface area contributed by atoms with Crippen molar-refractivity contribution >= 4 is 10.0 Å². The first kappa shape index (κ1) is 13.1. The van der Waals surface area contributed by atoms with Gasteiger partial charge in [-0.25, -0.2) is 17.5 Å². The minimum Gasteiger partial charge on any atom is -0.208 e. The molecule has 19 heavy (non-hydrogen) atoms. The van der Waals surface area contributed by atoms with Crippen LogP contribution in [0.15, 0.2) is 23.1 Å². The summed E-state index contributed by atoms with van der Waals surface area (Å²) in [6.07, 6.45) is 4.46. The number of nitrogens with one attached hydrogen (secondary N) is 1. The summed E-state index contributed by atoms with van der Waals surface area (Å²) in [4.78, 5) is 0.191. The maximum atomic E-state index is 13.0. The van der Waals surface area contributed by atoms with E-state index in [0.717, 1.165) is 19.3 Å². The predicted octanol–water partition coefficient (Wildman–Crippen LogP) is 2.60. The van der Waals surface area contributed by atoms with Crippen molar-refractivity contribution in [2.75, 3.05) is 0 Å². The van der Waals surface area contributed by atoms with Gasteiger partial charge in [0.25, 0.3) is 0 Å². The molecule has 2 saturated carbocycles. The van der Waals surface area contributed by atoms with E-state index >= 15 is 0 Å². The van der Waals surface area contributed by atoms with Crippen LogP contribution in [0.3, 0.4) is 0 Å². The van der Waals surface area contributed by atoms with Crippen molar-refractivity contribution in [3.63, 3.8) is 0 Å². The molecule has 3 nitrogen and oxygen atoms in total. The Bertz CT molecular complexity index is 599. The third-order valence-corrected chi connectivity index (χ3v) is 6.12. The zero-order chi connectivity index (χ0) is 13.6. The SMILES string of the molecule is Cc1cc(F)ccc1S(=O)(=O)N[C@H]1C[C@H]2CC[C@H]1C2. The van der Waals surface area contributed by atoms with Crippen LogP contribution >= 0.6 is 0 Å². The van der Waals surface area contributed by atoms with Crippen LogP contribution in [0.2, 0.25) is 0 Å². The van der Waals surface area contributed by atoms with E-state index in [0.29, 0.717) is 17.4 Å². The largest absolute Gasteiger partial charge is 0.241 e. The van der Waals surface area contributed by atoms with Crippen LogP contribution in [-0.2, 0) is 10.0 Å². The molecule has 1 N–H and O–H groups in total. The molecule has 3 atom stereocenters. The topological polar surface area (TPSA) is 46.2 Å². The molecule has 0 radical (unpaired) electrons. The van der Waals surface area contributed by atoms with Gasteiger partial charge in [-0.15, -0.1) is 0 Å². The van der Waals surface area contributed by atoms with E-state index in [4.69, 9.17) is 0 Å². The second-order valence-corrected chi connectivity index (χ2v) is 7.49. The lowest BCUT2D eigenvalue weighted by molar-refractivity contribution is 0.390. The Balaban J connectivity index is 1.83. The van der Waals surface area contributed by atoms with Crippen LogP contribution in [0.1, 0.15) is 31.2 Å². The highest BCUT2D eigenvalue weighted by atomic mass is 32.2. The zero-order valence-electron chi connectivity index (χ0n) is 10.9.